The van der Waals surface area contributed by atoms with Gasteiger partial charge in [-0.25, -0.2) is 13.4 Å². The fraction of sp³-hybridized carbons (Fsp3) is 0.263. The Balaban J connectivity index is 1.59. The Morgan fingerprint density at radius 1 is 1.18 bits per heavy atom. The Hall–Kier alpha value is -2.49. The van der Waals surface area contributed by atoms with E-state index in [0.717, 1.165) is 28.1 Å². The van der Waals surface area contributed by atoms with E-state index in [1.165, 1.54) is 33.8 Å². The normalized spacial score (nSPS) is 15.1. The van der Waals surface area contributed by atoms with Crippen molar-refractivity contribution in [2.24, 2.45) is 5.73 Å². The third-order valence-electron chi connectivity index (χ3n) is 4.61. The summed E-state index contributed by atoms with van der Waals surface area (Å²) in [6.45, 7) is 1.14. The molecule has 146 valence electrons. The lowest BCUT2D eigenvalue weighted by atomic mass is 10.2. The average molecular weight is 418 g/mol. The lowest BCUT2D eigenvalue weighted by Gasteiger charge is -2.17. The Kier molecular flexibility index (Phi) is 5.05. The molecule has 1 fully saturated rings. The zero-order valence-electron chi connectivity index (χ0n) is 15.0. The monoisotopic (exact) mass is 417 g/mol. The molecule has 9 heteroatoms. The number of amides is 1. The molecule has 2 N–H and O–H groups in total. The predicted molar refractivity (Wildman–Crippen MR) is 107 cm³/mol. The van der Waals surface area contributed by atoms with E-state index in [2.05, 4.69) is 4.98 Å². The van der Waals surface area contributed by atoms with Crippen LogP contribution < -0.4 is 10.5 Å². The fourth-order valence-electron chi connectivity index (χ4n) is 3.19. The van der Waals surface area contributed by atoms with E-state index >= 15 is 0 Å². The maximum absolute atomic E-state index is 12.7. The molecule has 2 aromatic carbocycles. The summed E-state index contributed by atoms with van der Waals surface area (Å²) in [5, 5.41) is 0.755. The number of primary amides is 1. The minimum absolute atomic E-state index is 0.0429. The van der Waals surface area contributed by atoms with Gasteiger partial charge in [-0.05, 0) is 43.2 Å². The molecule has 0 aliphatic carbocycles. The van der Waals surface area contributed by atoms with Crippen LogP contribution in [0, 0.1) is 0 Å². The number of ether oxygens (including phenoxy) is 1. The van der Waals surface area contributed by atoms with Crippen LogP contribution in [0.25, 0.3) is 10.2 Å². The van der Waals surface area contributed by atoms with Gasteiger partial charge in [0.15, 0.2) is 0 Å². The third kappa shape index (κ3) is 3.60. The van der Waals surface area contributed by atoms with Gasteiger partial charge in [0.2, 0.25) is 10.0 Å². The van der Waals surface area contributed by atoms with Crippen molar-refractivity contribution >= 4 is 37.5 Å². The molecule has 4 rings (SSSR count). The Bertz CT molecular complexity index is 1100. The predicted octanol–water partition coefficient (Wildman–Crippen LogP) is 2.76. The van der Waals surface area contributed by atoms with E-state index in [1.54, 1.807) is 0 Å². The number of aromatic nitrogens is 1. The minimum atomic E-state index is -3.64. The van der Waals surface area contributed by atoms with Gasteiger partial charge < -0.3 is 10.5 Å². The standard InChI is InChI=1S/C19H19N3O4S2/c20-19(23)14-11-13(28(24,25)22-9-3-4-10-22)7-8-16(14)26-12-18-21-15-5-1-2-6-17(15)27-18/h1-2,5-8,11H,3-4,9-10,12H2,(H2,20,23). The zero-order chi connectivity index (χ0) is 19.7. The molecule has 1 aliphatic rings. The molecule has 2 heterocycles. The highest BCUT2D eigenvalue weighted by Gasteiger charge is 2.28. The van der Waals surface area contributed by atoms with Crippen molar-refractivity contribution in [2.45, 2.75) is 24.3 Å². The summed E-state index contributed by atoms with van der Waals surface area (Å²) < 4.78 is 33.7. The number of thiazole rings is 1. The average Bonchev–Trinajstić information content (AvgIpc) is 3.35. The van der Waals surface area contributed by atoms with E-state index in [-0.39, 0.29) is 22.8 Å². The van der Waals surface area contributed by atoms with Crippen LogP contribution in [0.1, 0.15) is 28.2 Å². The Morgan fingerprint density at radius 3 is 2.64 bits per heavy atom. The van der Waals surface area contributed by atoms with Crippen LogP contribution >= 0.6 is 11.3 Å². The first kappa shape index (κ1) is 18.9. The van der Waals surface area contributed by atoms with Crippen molar-refractivity contribution in [2.75, 3.05) is 13.1 Å². The number of benzene rings is 2. The van der Waals surface area contributed by atoms with Crippen molar-refractivity contribution < 1.29 is 17.9 Å². The van der Waals surface area contributed by atoms with E-state index in [4.69, 9.17) is 10.5 Å². The van der Waals surface area contributed by atoms with Crippen LogP contribution in [0.15, 0.2) is 47.4 Å². The van der Waals surface area contributed by atoms with Crippen LogP contribution in [0.3, 0.4) is 0 Å². The first-order valence-corrected chi connectivity index (χ1v) is 11.1. The number of fused-ring (bicyclic) bond motifs is 1. The van der Waals surface area contributed by atoms with Gasteiger partial charge in [-0.2, -0.15) is 4.31 Å². The summed E-state index contributed by atoms with van der Waals surface area (Å²) in [5.74, 6) is -0.495. The van der Waals surface area contributed by atoms with Gasteiger partial charge in [0.05, 0.1) is 20.7 Å². The number of hydrogen-bond donors (Lipinski definition) is 1. The largest absolute Gasteiger partial charge is 0.486 e. The van der Waals surface area contributed by atoms with Gasteiger partial charge in [-0.1, -0.05) is 12.1 Å². The smallest absolute Gasteiger partial charge is 0.252 e. The summed E-state index contributed by atoms with van der Waals surface area (Å²) in [5.41, 5.74) is 6.40. The number of carbonyl (C=O) groups excluding carboxylic acids is 1. The van der Waals surface area contributed by atoms with Crippen LogP contribution in [0.2, 0.25) is 0 Å². The molecule has 7 nitrogen and oxygen atoms in total. The van der Waals surface area contributed by atoms with Gasteiger partial charge >= 0.3 is 0 Å². The third-order valence-corrected chi connectivity index (χ3v) is 7.51. The van der Waals surface area contributed by atoms with Crippen molar-refractivity contribution in [3.63, 3.8) is 0 Å². The number of carbonyl (C=O) groups is 1. The van der Waals surface area contributed by atoms with E-state index in [0.29, 0.717) is 13.1 Å². The first-order chi connectivity index (χ1) is 13.4. The molecular weight excluding hydrogens is 398 g/mol. The molecular formula is C19H19N3O4S2. The summed E-state index contributed by atoms with van der Waals surface area (Å²) in [7, 11) is -3.64. The topological polar surface area (TPSA) is 103 Å². The van der Waals surface area contributed by atoms with Gasteiger partial charge in [0, 0.05) is 13.1 Å². The first-order valence-electron chi connectivity index (χ1n) is 8.86. The van der Waals surface area contributed by atoms with Crippen LogP contribution in [-0.4, -0.2) is 36.7 Å². The van der Waals surface area contributed by atoms with Crippen molar-refractivity contribution in [3.05, 3.63) is 53.0 Å². The number of rotatable bonds is 6. The van der Waals surface area contributed by atoms with E-state index in [9.17, 15) is 13.2 Å². The summed E-state index contributed by atoms with van der Waals surface area (Å²) in [6.07, 6.45) is 1.68. The maximum Gasteiger partial charge on any atom is 0.252 e. The van der Waals surface area contributed by atoms with Crippen LogP contribution in [-0.2, 0) is 16.6 Å². The van der Waals surface area contributed by atoms with Gasteiger partial charge in [-0.15, -0.1) is 11.3 Å². The van der Waals surface area contributed by atoms with Crippen LogP contribution in [0.5, 0.6) is 5.75 Å². The van der Waals surface area contributed by atoms with Gasteiger partial charge in [0.25, 0.3) is 5.91 Å². The SMILES string of the molecule is NC(=O)c1cc(S(=O)(=O)N2CCCC2)ccc1OCc1nc2ccccc2s1. The molecule has 1 aliphatic heterocycles. The van der Waals surface area contributed by atoms with Gasteiger partial charge in [-0.3, -0.25) is 4.79 Å². The molecule has 1 amide bonds. The molecule has 0 saturated carbocycles. The number of nitrogens with two attached hydrogens (primary N) is 1. The molecule has 0 bridgehead atoms. The molecule has 28 heavy (non-hydrogen) atoms. The molecule has 3 aromatic rings. The van der Waals surface area contributed by atoms with Crippen LogP contribution in [0.4, 0.5) is 0 Å². The lowest BCUT2D eigenvalue weighted by Crippen LogP contribution is -2.28. The highest BCUT2D eigenvalue weighted by atomic mass is 32.2. The zero-order valence-corrected chi connectivity index (χ0v) is 16.6. The summed E-state index contributed by atoms with van der Waals surface area (Å²) >= 11 is 1.50. The molecule has 0 spiro atoms. The quantitative estimate of drug-likeness (QED) is 0.664. The molecule has 1 aromatic heterocycles. The molecule has 0 unspecified atom stereocenters. The molecule has 1 saturated heterocycles. The van der Waals surface area contributed by atoms with Crippen molar-refractivity contribution in [1.29, 1.82) is 0 Å². The molecule has 0 atom stereocenters. The maximum atomic E-state index is 12.7. The number of hydrogen-bond acceptors (Lipinski definition) is 6. The minimum Gasteiger partial charge on any atom is -0.486 e. The van der Waals surface area contributed by atoms with Crippen molar-refractivity contribution in [3.8, 4) is 5.75 Å². The van der Waals surface area contributed by atoms with E-state index < -0.39 is 15.9 Å². The van der Waals surface area contributed by atoms with Crippen molar-refractivity contribution in [1.82, 2.24) is 9.29 Å². The Morgan fingerprint density at radius 2 is 1.93 bits per heavy atom. The number of nitrogens with zero attached hydrogens (tertiary/aromatic N) is 2. The fourth-order valence-corrected chi connectivity index (χ4v) is 5.61. The highest BCUT2D eigenvalue weighted by molar-refractivity contribution is 7.89. The lowest BCUT2D eigenvalue weighted by molar-refractivity contribution is 0.0995. The Labute approximate surface area is 166 Å². The number of para-hydroxylation sites is 1. The van der Waals surface area contributed by atoms with E-state index in [1.807, 2.05) is 24.3 Å². The number of sulfonamides is 1. The highest BCUT2D eigenvalue weighted by Crippen LogP contribution is 2.28. The second kappa shape index (κ2) is 7.50. The second-order valence-electron chi connectivity index (χ2n) is 6.50. The summed E-state index contributed by atoms with van der Waals surface area (Å²) in [6, 6.07) is 12.0. The van der Waals surface area contributed by atoms with Gasteiger partial charge in [0.1, 0.15) is 17.4 Å². The molecule has 0 radical (unpaired) electrons. The summed E-state index contributed by atoms with van der Waals surface area (Å²) in [4.78, 5) is 16.4. The second-order valence-corrected chi connectivity index (χ2v) is 9.55.